The van der Waals surface area contributed by atoms with Crippen LogP contribution in [0.2, 0.25) is 0 Å². The molecule has 0 radical (unpaired) electrons. The smallest absolute Gasteiger partial charge is 0.225 e. The Morgan fingerprint density at radius 1 is 1.52 bits per heavy atom. The SMILES string of the molecule is C=C[C@@](C)(O)CC(=O)N1CC[C@@H](c2ccc(OC)cc2)C1. The van der Waals surface area contributed by atoms with Crippen LogP contribution >= 0.6 is 0 Å². The molecule has 1 amide bonds. The Bertz CT molecular complexity index is 507. The van der Waals surface area contributed by atoms with E-state index in [1.54, 1.807) is 14.0 Å². The predicted octanol–water partition coefficient (Wildman–Crippen LogP) is 2.34. The van der Waals surface area contributed by atoms with Crippen LogP contribution in [0.4, 0.5) is 0 Å². The van der Waals surface area contributed by atoms with E-state index in [0.717, 1.165) is 18.7 Å². The number of benzene rings is 1. The largest absolute Gasteiger partial charge is 0.497 e. The first kappa shape index (κ1) is 15.6. The Hall–Kier alpha value is -1.81. The van der Waals surface area contributed by atoms with Crippen molar-refractivity contribution in [2.24, 2.45) is 0 Å². The van der Waals surface area contributed by atoms with E-state index >= 15 is 0 Å². The monoisotopic (exact) mass is 289 g/mol. The van der Waals surface area contributed by atoms with Gasteiger partial charge in [0.25, 0.3) is 0 Å². The van der Waals surface area contributed by atoms with Gasteiger partial charge in [0.05, 0.1) is 19.1 Å². The number of aliphatic hydroxyl groups is 1. The minimum absolute atomic E-state index is 0.0177. The molecule has 1 fully saturated rings. The van der Waals surface area contributed by atoms with Crippen LogP contribution in [0.3, 0.4) is 0 Å². The van der Waals surface area contributed by atoms with Crippen LogP contribution < -0.4 is 4.74 Å². The summed E-state index contributed by atoms with van der Waals surface area (Å²) in [4.78, 5) is 14.0. The fourth-order valence-corrected chi connectivity index (χ4v) is 2.63. The summed E-state index contributed by atoms with van der Waals surface area (Å²) in [5.41, 5.74) is 0.0940. The zero-order valence-electron chi connectivity index (χ0n) is 12.7. The number of carbonyl (C=O) groups is 1. The van der Waals surface area contributed by atoms with Gasteiger partial charge in [-0.2, -0.15) is 0 Å². The molecule has 2 atom stereocenters. The first-order chi connectivity index (χ1) is 9.95. The molecule has 1 aromatic carbocycles. The molecule has 0 saturated carbocycles. The molecule has 0 bridgehead atoms. The van der Waals surface area contributed by atoms with Crippen LogP contribution in [-0.4, -0.2) is 41.7 Å². The lowest BCUT2D eigenvalue weighted by molar-refractivity contribution is -0.133. The van der Waals surface area contributed by atoms with Crippen molar-refractivity contribution in [3.63, 3.8) is 0 Å². The molecule has 1 aliphatic heterocycles. The van der Waals surface area contributed by atoms with Gasteiger partial charge in [-0.3, -0.25) is 4.79 Å². The maximum absolute atomic E-state index is 12.2. The number of nitrogens with zero attached hydrogens (tertiary/aromatic N) is 1. The number of hydrogen-bond donors (Lipinski definition) is 1. The lowest BCUT2D eigenvalue weighted by atomic mass is 9.98. The first-order valence-corrected chi connectivity index (χ1v) is 7.23. The Morgan fingerprint density at radius 2 is 2.19 bits per heavy atom. The third-order valence-corrected chi connectivity index (χ3v) is 4.08. The van der Waals surface area contributed by atoms with Gasteiger partial charge in [-0.15, -0.1) is 6.58 Å². The van der Waals surface area contributed by atoms with Crippen molar-refractivity contribution in [3.05, 3.63) is 42.5 Å². The summed E-state index contributed by atoms with van der Waals surface area (Å²) in [6, 6.07) is 8.00. The normalized spacial score (nSPS) is 20.9. The van der Waals surface area contributed by atoms with Crippen LogP contribution in [0, 0.1) is 0 Å². The number of carbonyl (C=O) groups excluding carboxylic acids is 1. The fraction of sp³-hybridized carbons (Fsp3) is 0.471. The molecule has 114 valence electrons. The molecule has 1 aromatic rings. The molecular weight excluding hydrogens is 266 g/mol. The molecule has 2 rings (SSSR count). The van der Waals surface area contributed by atoms with Gasteiger partial charge < -0.3 is 14.7 Å². The summed E-state index contributed by atoms with van der Waals surface area (Å²) in [5, 5.41) is 9.92. The van der Waals surface area contributed by atoms with Gasteiger partial charge in [0.15, 0.2) is 0 Å². The Kier molecular flexibility index (Phi) is 4.68. The van der Waals surface area contributed by atoms with Crippen LogP contribution in [0.1, 0.15) is 31.2 Å². The van der Waals surface area contributed by atoms with Crippen LogP contribution in [0.15, 0.2) is 36.9 Å². The van der Waals surface area contributed by atoms with Crippen molar-refractivity contribution >= 4 is 5.91 Å². The molecule has 0 aromatic heterocycles. The maximum Gasteiger partial charge on any atom is 0.225 e. The van der Waals surface area contributed by atoms with Gasteiger partial charge in [0.1, 0.15) is 5.75 Å². The van der Waals surface area contributed by atoms with E-state index in [4.69, 9.17) is 4.74 Å². The van der Waals surface area contributed by atoms with E-state index in [2.05, 4.69) is 18.7 Å². The van der Waals surface area contributed by atoms with Gasteiger partial charge in [-0.1, -0.05) is 18.2 Å². The number of rotatable bonds is 5. The zero-order valence-corrected chi connectivity index (χ0v) is 12.7. The van der Waals surface area contributed by atoms with Crippen LogP contribution in [0.25, 0.3) is 0 Å². The van der Waals surface area contributed by atoms with E-state index < -0.39 is 5.60 Å². The van der Waals surface area contributed by atoms with Crippen molar-refractivity contribution in [1.82, 2.24) is 4.90 Å². The van der Waals surface area contributed by atoms with E-state index in [9.17, 15) is 9.90 Å². The predicted molar refractivity (Wildman–Crippen MR) is 82.4 cm³/mol. The Morgan fingerprint density at radius 3 is 2.76 bits per heavy atom. The van der Waals surface area contributed by atoms with Crippen molar-refractivity contribution in [1.29, 1.82) is 0 Å². The van der Waals surface area contributed by atoms with Gasteiger partial charge in [0.2, 0.25) is 5.91 Å². The minimum Gasteiger partial charge on any atom is -0.497 e. The van der Waals surface area contributed by atoms with Crippen LogP contribution in [0.5, 0.6) is 5.75 Å². The minimum atomic E-state index is -1.13. The average Bonchev–Trinajstić information content (AvgIpc) is 2.97. The highest BCUT2D eigenvalue weighted by molar-refractivity contribution is 5.78. The number of ether oxygens (including phenoxy) is 1. The summed E-state index contributed by atoms with van der Waals surface area (Å²) >= 11 is 0. The third-order valence-electron chi connectivity index (χ3n) is 4.08. The number of likely N-dealkylation sites (tertiary alicyclic amines) is 1. The second-order valence-corrected chi connectivity index (χ2v) is 5.84. The highest BCUT2D eigenvalue weighted by Gasteiger charge is 2.30. The summed E-state index contributed by atoms with van der Waals surface area (Å²) in [7, 11) is 1.65. The quantitative estimate of drug-likeness (QED) is 0.846. The Balaban J connectivity index is 1.96. The van der Waals surface area contributed by atoms with E-state index in [-0.39, 0.29) is 12.3 Å². The highest BCUT2D eigenvalue weighted by Crippen LogP contribution is 2.29. The van der Waals surface area contributed by atoms with Crippen molar-refractivity contribution < 1.29 is 14.6 Å². The molecule has 0 unspecified atom stereocenters. The maximum atomic E-state index is 12.2. The summed E-state index contributed by atoms with van der Waals surface area (Å²) in [6.07, 6.45) is 2.46. The van der Waals surface area contributed by atoms with E-state index in [1.807, 2.05) is 17.0 Å². The van der Waals surface area contributed by atoms with Crippen molar-refractivity contribution in [3.8, 4) is 5.75 Å². The lowest BCUT2D eigenvalue weighted by Gasteiger charge is -2.23. The van der Waals surface area contributed by atoms with Gasteiger partial charge in [-0.25, -0.2) is 0 Å². The van der Waals surface area contributed by atoms with Gasteiger partial charge in [0, 0.05) is 19.0 Å². The van der Waals surface area contributed by atoms with E-state index in [1.165, 1.54) is 11.6 Å². The third kappa shape index (κ3) is 3.85. The summed E-state index contributed by atoms with van der Waals surface area (Å²) in [6.45, 7) is 6.61. The molecule has 1 heterocycles. The molecule has 0 spiro atoms. The average molecular weight is 289 g/mol. The van der Waals surface area contributed by atoms with Gasteiger partial charge >= 0.3 is 0 Å². The summed E-state index contributed by atoms with van der Waals surface area (Å²) < 4.78 is 5.16. The molecule has 4 nitrogen and oxygen atoms in total. The molecule has 0 aliphatic carbocycles. The number of amides is 1. The van der Waals surface area contributed by atoms with Crippen molar-refractivity contribution in [2.75, 3.05) is 20.2 Å². The lowest BCUT2D eigenvalue weighted by Crippen LogP contribution is -2.35. The molecule has 1 saturated heterocycles. The molecule has 1 N–H and O–H groups in total. The second-order valence-electron chi connectivity index (χ2n) is 5.84. The van der Waals surface area contributed by atoms with Crippen LogP contribution in [-0.2, 0) is 4.79 Å². The standard InChI is InChI=1S/C17H23NO3/c1-4-17(2,20)11-16(19)18-10-9-14(12-18)13-5-7-15(21-3)8-6-13/h4-8,14,20H,1,9-12H2,2-3H3/t14-,17-/m1/s1. The Labute approximate surface area is 126 Å². The fourth-order valence-electron chi connectivity index (χ4n) is 2.63. The second kappa shape index (κ2) is 6.31. The number of methoxy groups -OCH3 is 1. The summed E-state index contributed by atoms with van der Waals surface area (Å²) in [5.74, 6) is 1.18. The molecular formula is C17H23NO3. The van der Waals surface area contributed by atoms with Crippen molar-refractivity contribution in [2.45, 2.75) is 31.3 Å². The molecule has 21 heavy (non-hydrogen) atoms. The van der Waals surface area contributed by atoms with E-state index in [0.29, 0.717) is 12.5 Å². The van der Waals surface area contributed by atoms with Gasteiger partial charge in [-0.05, 0) is 31.0 Å². The molecule has 1 aliphatic rings. The topological polar surface area (TPSA) is 49.8 Å². The highest BCUT2D eigenvalue weighted by atomic mass is 16.5. The number of hydrogen-bond acceptors (Lipinski definition) is 3. The molecule has 4 heteroatoms. The first-order valence-electron chi connectivity index (χ1n) is 7.23. The zero-order chi connectivity index (χ0) is 15.5.